The maximum atomic E-state index is 5.39. The summed E-state index contributed by atoms with van der Waals surface area (Å²) in [6.45, 7) is 5.28. The van der Waals surface area contributed by atoms with E-state index in [4.69, 9.17) is 14.2 Å². The Kier molecular flexibility index (Phi) is 6.98. The second kappa shape index (κ2) is 8.48. The molecule has 0 saturated heterocycles. The van der Waals surface area contributed by atoms with Crippen molar-refractivity contribution in [3.63, 3.8) is 0 Å². The van der Waals surface area contributed by atoms with E-state index in [1.807, 2.05) is 32.0 Å². The molecule has 6 heteroatoms. The SMILES string of the molecule is CN=C(NCc1ccc(OC)cc1OC)NCC(C)(C)OC. The number of hydrogen-bond acceptors (Lipinski definition) is 4. The van der Waals surface area contributed by atoms with Gasteiger partial charge in [0.2, 0.25) is 0 Å². The molecule has 0 unspecified atom stereocenters. The minimum atomic E-state index is -0.255. The molecule has 0 amide bonds. The van der Waals surface area contributed by atoms with Crippen molar-refractivity contribution >= 4 is 5.96 Å². The quantitative estimate of drug-likeness (QED) is 0.594. The number of aliphatic imine (C=N–C) groups is 1. The van der Waals surface area contributed by atoms with Gasteiger partial charge in [0.05, 0.1) is 19.8 Å². The number of hydrogen-bond donors (Lipinski definition) is 2. The van der Waals surface area contributed by atoms with Crippen molar-refractivity contribution in [3.05, 3.63) is 23.8 Å². The van der Waals surface area contributed by atoms with Crippen LogP contribution in [0.3, 0.4) is 0 Å². The fourth-order valence-corrected chi connectivity index (χ4v) is 1.77. The van der Waals surface area contributed by atoms with Gasteiger partial charge in [0, 0.05) is 38.9 Å². The highest BCUT2D eigenvalue weighted by molar-refractivity contribution is 5.79. The van der Waals surface area contributed by atoms with Crippen molar-refractivity contribution in [2.45, 2.75) is 26.0 Å². The molecule has 1 rings (SSSR count). The molecule has 0 radical (unpaired) electrons. The summed E-state index contributed by atoms with van der Waals surface area (Å²) in [7, 11) is 6.71. The van der Waals surface area contributed by atoms with Gasteiger partial charge in [-0.2, -0.15) is 0 Å². The average molecular weight is 309 g/mol. The van der Waals surface area contributed by atoms with Gasteiger partial charge in [0.25, 0.3) is 0 Å². The first-order valence-electron chi connectivity index (χ1n) is 7.16. The van der Waals surface area contributed by atoms with E-state index in [0.29, 0.717) is 19.0 Å². The topological polar surface area (TPSA) is 64.1 Å². The van der Waals surface area contributed by atoms with Crippen molar-refractivity contribution in [3.8, 4) is 11.5 Å². The van der Waals surface area contributed by atoms with Crippen molar-refractivity contribution in [1.29, 1.82) is 0 Å². The molecule has 124 valence electrons. The zero-order chi connectivity index (χ0) is 16.6. The van der Waals surface area contributed by atoms with Gasteiger partial charge < -0.3 is 24.8 Å². The molecule has 22 heavy (non-hydrogen) atoms. The summed E-state index contributed by atoms with van der Waals surface area (Å²) < 4.78 is 16.0. The van der Waals surface area contributed by atoms with E-state index in [1.54, 1.807) is 28.4 Å². The fourth-order valence-electron chi connectivity index (χ4n) is 1.77. The minimum Gasteiger partial charge on any atom is -0.497 e. The second-order valence-electron chi connectivity index (χ2n) is 5.42. The summed E-state index contributed by atoms with van der Waals surface area (Å²) >= 11 is 0. The number of nitrogens with one attached hydrogen (secondary N) is 2. The molecule has 0 bridgehead atoms. The van der Waals surface area contributed by atoms with Crippen LogP contribution in [0.2, 0.25) is 0 Å². The van der Waals surface area contributed by atoms with Gasteiger partial charge in [-0.05, 0) is 26.0 Å². The van der Waals surface area contributed by atoms with E-state index in [2.05, 4.69) is 15.6 Å². The second-order valence-corrected chi connectivity index (χ2v) is 5.42. The number of benzene rings is 1. The van der Waals surface area contributed by atoms with E-state index in [9.17, 15) is 0 Å². The summed E-state index contributed by atoms with van der Waals surface area (Å²) in [6.07, 6.45) is 0. The van der Waals surface area contributed by atoms with Gasteiger partial charge in [-0.1, -0.05) is 0 Å². The molecule has 6 nitrogen and oxygen atoms in total. The standard InChI is InChI=1S/C16H27N3O3/c1-16(2,22-6)11-19-15(17-3)18-10-12-7-8-13(20-4)9-14(12)21-5/h7-9H,10-11H2,1-6H3,(H2,17,18,19). The lowest BCUT2D eigenvalue weighted by Crippen LogP contribution is -2.45. The zero-order valence-corrected chi connectivity index (χ0v) is 14.3. The average Bonchev–Trinajstić information content (AvgIpc) is 2.54. The van der Waals surface area contributed by atoms with E-state index in [-0.39, 0.29) is 5.60 Å². The maximum Gasteiger partial charge on any atom is 0.191 e. The number of nitrogens with zero attached hydrogens (tertiary/aromatic N) is 1. The molecule has 0 aromatic heterocycles. The van der Waals surface area contributed by atoms with Crippen LogP contribution < -0.4 is 20.1 Å². The van der Waals surface area contributed by atoms with Gasteiger partial charge in [0.15, 0.2) is 5.96 Å². The summed E-state index contributed by atoms with van der Waals surface area (Å²) in [5.74, 6) is 2.26. The Morgan fingerprint density at radius 3 is 2.41 bits per heavy atom. The lowest BCUT2D eigenvalue weighted by atomic mass is 10.1. The Bertz CT molecular complexity index is 501. The first-order valence-corrected chi connectivity index (χ1v) is 7.16. The van der Waals surface area contributed by atoms with Crippen molar-refractivity contribution in [2.24, 2.45) is 4.99 Å². The molecule has 0 aliphatic carbocycles. The summed E-state index contributed by atoms with van der Waals surface area (Å²) in [5.41, 5.74) is 0.771. The van der Waals surface area contributed by atoms with Crippen LogP contribution in [0.5, 0.6) is 11.5 Å². The van der Waals surface area contributed by atoms with Crippen molar-refractivity contribution < 1.29 is 14.2 Å². The Morgan fingerprint density at radius 2 is 1.86 bits per heavy atom. The first kappa shape index (κ1) is 18.1. The summed E-state index contributed by atoms with van der Waals surface area (Å²) in [5, 5.41) is 6.50. The molecule has 0 aliphatic rings. The monoisotopic (exact) mass is 309 g/mol. The third-order valence-electron chi connectivity index (χ3n) is 3.40. The summed E-state index contributed by atoms with van der Waals surface area (Å²) in [6, 6.07) is 5.74. The minimum absolute atomic E-state index is 0.255. The third-order valence-corrected chi connectivity index (χ3v) is 3.40. The number of rotatable bonds is 7. The lowest BCUT2D eigenvalue weighted by Gasteiger charge is -2.24. The Labute approximate surface area is 132 Å². The van der Waals surface area contributed by atoms with Crippen LogP contribution in [0.15, 0.2) is 23.2 Å². The van der Waals surface area contributed by atoms with Gasteiger partial charge in [-0.3, -0.25) is 4.99 Å². The molecule has 0 fully saturated rings. The zero-order valence-electron chi connectivity index (χ0n) is 14.3. The predicted molar refractivity (Wildman–Crippen MR) is 88.8 cm³/mol. The third kappa shape index (κ3) is 5.44. The Hall–Kier alpha value is -1.95. The van der Waals surface area contributed by atoms with Crippen LogP contribution in [0, 0.1) is 0 Å². The molecule has 0 atom stereocenters. The van der Waals surface area contributed by atoms with Crippen LogP contribution in [-0.4, -0.2) is 46.5 Å². The fraction of sp³-hybridized carbons (Fsp3) is 0.562. The van der Waals surface area contributed by atoms with E-state index in [1.165, 1.54) is 0 Å². The highest BCUT2D eigenvalue weighted by Gasteiger charge is 2.16. The predicted octanol–water partition coefficient (Wildman–Crippen LogP) is 1.79. The van der Waals surface area contributed by atoms with Crippen LogP contribution in [0.25, 0.3) is 0 Å². The summed E-state index contributed by atoms with van der Waals surface area (Å²) in [4.78, 5) is 4.20. The van der Waals surface area contributed by atoms with E-state index >= 15 is 0 Å². The number of guanidine groups is 1. The highest BCUT2D eigenvalue weighted by atomic mass is 16.5. The Balaban J connectivity index is 2.64. The smallest absolute Gasteiger partial charge is 0.191 e. The van der Waals surface area contributed by atoms with Crippen LogP contribution in [0.1, 0.15) is 19.4 Å². The van der Waals surface area contributed by atoms with Crippen molar-refractivity contribution in [1.82, 2.24) is 10.6 Å². The first-order chi connectivity index (χ1) is 10.5. The largest absolute Gasteiger partial charge is 0.497 e. The van der Waals surface area contributed by atoms with Gasteiger partial charge in [-0.15, -0.1) is 0 Å². The number of methoxy groups -OCH3 is 3. The number of ether oxygens (including phenoxy) is 3. The maximum absolute atomic E-state index is 5.39. The molecule has 0 saturated carbocycles. The molecule has 0 aliphatic heterocycles. The van der Waals surface area contributed by atoms with Gasteiger partial charge in [-0.25, -0.2) is 0 Å². The Morgan fingerprint density at radius 1 is 1.14 bits per heavy atom. The van der Waals surface area contributed by atoms with Crippen LogP contribution in [0.4, 0.5) is 0 Å². The molecular weight excluding hydrogens is 282 g/mol. The molecular formula is C16H27N3O3. The molecule has 1 aromatic carbocycles. The molecule has 1 aromatic rings. The van der Waals surface area contributed by atoms with E-state index in [0.717, 1.165) is 17.1 Å². The van der Waals surface area contributed by atoms with Crippen LogP contribution in [-0.2, 0) is 11.3 Å². The molecule has 0 heterocycles. The molecule has 0 spiro atoms. The van der Waals surface area contributed by atoms with Crippen molar-refractivity contribution in [2.75, 3.05) is 34.9 Å². The van der Waals surface area contributed by atoms with Gasteiger partial charge in [0.1, 0.15) is 11.5 Å². The highest BCUT2D eigenvalue weighted by Crippen LogP contribution is 2.24. The van der Waals surface area contributed by atoms with Gasteiger partial charge >= 0.3 is 0 Å². The normalized spacial score (nSPS) is 12.0. The van der Waals surface area contributed by atoms with Crippen LogP contribution >= 0.6 is 0 Å². The lowest BCUT2D eigenvalue weighted by molar-refractivity contribution is 0.0268. The van der Waals surface area contributed by atoms with E-state index < -0.39 is 0 Å². The molecule has 2 N–H and O–H groups in total.